The number of esters is 1. The Kier molecular flexibility index (Phi) is 15.1. The molecular formula is C63H66O7Si3. The van der Waals surface area contributed by atoms with Crippen molar-refractivity contribution in [1.82, 2.24) is 0 Å². The Hall–Kier alpha value is -7.09. The Bertz CT molecular complexity index is 3000. The summed E-state index contributed by atoms with van der Waals surface area (Å²) in [5.41, 5.74) is 0.162. The first-order valence-electron chi connectivity index (χ1n) is 24.9. The normalized spacial score (nSPS) is 12.4. The molecule has 8 rings (SSSR count). The van der Waals surface area contributed by atoms with Crippen LogP contribution in [0.25, 0.3) is 0 Å². The Morgan fingerprint density at radius 2 is 0.671 bits per heavy atom. The second kappa shape index (κ2) is 21.2. The number of aliphatic hydroxyl groups excluding tert-OH is 1. The molecule has 0 aromatic heterocycles. The van der Waals surface area contributed by atoms with E-state index in [1.165, 1.54) is 0 Å². The number of Topliss-reactive ketones (excluding diaryl/α,β-unsaturated/α-hetero) is 1. The minimum Gasteiger partial charge on any atom is -0.534 e. The topological polar surface area (TPSA) is 91.3 Å². The Morgan fingerprint density at radius 1 is 0.384 bits per heavy atom. The van der Waals surface area contributed by atoms with Crippen LogP contribution in [-0.4, -0.2) is 48.4 Å². The van der Waals surface area contributed by atoms with Gasteiger partial charge in [-0.15, -0.1) is 0 Å². The quantitative estimate of drug-likeness (QED) is 0.0446. The van der Waals surface area contributed by atoms with Crippen LogP contribution in [0.15, 0.2) is 218 Å². The van der Waals surface area contributed by atoms with Crippen molar-refractivity contribution in [3.05, 3.63) is 230 Å². The lowest BCUT2D eigenvalue weighted by atomic mass is 10.1. The van der Waals surface area contributed by atoms with E-state index < -0.39 is 53.4 Å². The van der Waals surface area contributed by atoms with Gasteiger partial charge in [-0.25, -0.2) is 4.79 Å². The molecule has 0 aliphatic heterocycles. The highest BCUT2D eigenvalue weighted by molar-refractivity contribution is 7.01. The summed E-state index contributed by atoms with van der Waals surface area (Å²) in [6, 6.07) is 71.8. The van der Waals surface area contributed by atoms with Gasteiger partial charge >= 0.3 is 30.9 Å². The lowest BCUT2D eigenvalue weighted by Crippen LogP contribution is -2.69. The van der Waals surface area contributed by atoms with Gasteiger partial charge in [-0.1, -0.05) is 244 Å². The molecule has 372 valence electrons. The highest BCUT2D eigenvalue weighted by Crippen LogP contribution is 2.45. The maximum absolute atomic E-state index is 14.8. The minimum atomic E-state index is -3.47. The molecule has 0 fully saturated rings. The van der Waals surface area contributed by atoms with Gasteiger partial charge in [0.1, 0.15) is 35.2 Å². The SMILES string of the molecule is CC(C)(C)[Si](Oc1ccc(C(=O)Oc2cc(O[Si](c3ccccc3)(c3ccccc3)C(C)(C)C)cc(O[Si](c3ccccc3)(c3ccccc3)C(C)(C)C)c2C(=O)CO)cc1)(c1ccccc1)c1ccccc1. The lowest BCUT2D eigenvalue weighted by molar-refractivity contribution is 0.0730. The molecule has 0 bridgehead atoms. The van der Waals surface area contributed by atoms with Crippen LogP contribution in [-0.2, 0) is 0 Å². The highest BCUT2D eigenvalue weighted by Gasteiger charge is 2.55. The summed E-state index contributed by atoms with van der Waals surface area (Å²) in [5, 5.41) is 15.8. The van der Waals surface area contributed by atoms with E-state index in [4.69, 9.17) is 18.0 Å². The molecule has 0 saturated carbocycles. The lowest BCUT2D eigenvalue weighted by Gasteiger charge is -2.44. The van der Waals surface area contributed by atoms with Crippen LogP contribution in [0.1, 0.15) is 83.0 Å². The predicted molar refractivity (Wildman–Crippen MR) is 304 cm³/mol. The summed E-state index contributed by atoms with van der Waals surface area (Å²) in [4.78, 5) is 29.3. The Labute approximate surface area is 434 Å². The van der Waals surface area contributed by atoms with E-state index in [2.05, 4.69) is 135 Å². The van der Waals surface area contributed by atoms with E-state index >= 15 is 0 Å². The first-order valence-corrected chi connectivity index (χ1v) is 30.6. The zero-order valence-corrected chi connectivity index (χ0v) is 46.4. The molecule has 10 heteroatoms. The smallest absolute Gasteiger partial charge is 0.343 e. The van der Waals surface area contributed by atoms with Gasteiger partial charge < -0.3 is 23.1 Å². The molecule has 8 aromatic carbocycles. The minimum absolute atomic E-state index is 0.0646. The summed E-state index contributed by atoms with van der Waals surface area (Å²) in [5.74, 6) is -0.414. The van der Waals surface area contributed by atoms with Gasteiger partial charge in [0.15, 0.2) is 5.78 Å². The number of carbonyl (C=O) groups excluding carboxylic acids is 2. The molecule has 0 aliphatic rings. The average Bonchev–Trinajstić information content (AvgIpc) is 3.39. The molecule has 7 nitrogen and oxygen atoms in total. The van der Waals surface area contributed by atoms with Crippen LogP contribution in [0.3, 0.4) is 0 Å². The van der Waals surface area contributed by atoms with Gasteiger partial charge in [-0.05, 0) is 70.5 Å². The molecule has 0 spiro atoms. The van der Waals surface area contributed by atoms with Crippen molar-refractivity contribution in [2.24, 2.45) is 0 Å². The van der Waals surface area contributed by atoms with Gasteiger partial charge in [-0.2, -0.15) is 0 Å². The molecule has 0 atom stereocenters. The Balaban J connectivity index is 1.31. The maximum atomic E-state index is 14.8. The van der Waals surface area contributed by atoms with Crippen LogP contribution in [0.4, 0.5) is 0 Å². The standard InChI is InChI=1S/C63H66O7Si3/c1-61(2,3)71(50-28-16-10-17-29-50,51-30-18-11-19-31-51)68-48-42-40-47(41-43-48)60(66)67-57-44-49(69-72(62(4,5)6,52-32-20-12-21-33-52)53-34-22-13-23-35-53)45-58(59(57)56(65)46-64)70-73(63(7,8)9,54-36-24-14-25-37-54)55-38-26-15-27-39-55/h10-45,64H,46H2,1-9H3. The summed E-state index contributed by atoms with van der Waals surface area (Å²) in [6.07, 6.45) is 0. The van der Waals surface area contributed by atoms with Crippen molar-refractivity contribution in [1.29, 1.82) is 0 Å². The van der Waals surface area contributed by atoms with Crippen molar-refractivity contribution in [2.45, 2.75) is 77.4 Å². The molecule has 0 amide bonds. The molecule has 0 saturated heterocycles. The largest absolute Gasteiger partial charge is 0.534 e. The monoisotopic (exact) mass is 1020 g/mol. The van der Waals surface area contributed by atoms with Crippen molar-refractivity contribution >= 4 is 67.8 Å². The average molecular weight is 1020 g/mol. The van der Waals surface area contributed by atoms with E-state index in [0.717, 1.165) is 31.1 Å². The zero-order chi connectivity index (χ0) is 52.1. The van der Waals surface area contributed by atoms with Crippen LogP contribution < -0.4 is 49.1 Å². The highest BCUT2D eigenvalue weighted by atomic mass is 28.4. The fourth-order valence-corrected chi connectivity index (χ4v) is 23.7. The van der Waals surface area contributed by atoms with E-state index in [-0.39, 0.29) is 27.7 Å². The summed E-state index contributed by atoms with van der Waals surface area (Å²) < 4.78 is 29.1. The zero-order valence-electron chi connectivity index (χ0n) is 43.4. The molecular weight excluding hydrogens is 953 g/mol. The van der Waals surface area contributed by atoms with Crippen molar-refractivity contribution < 1.29 is 32.7 Å². The number of rotatable bonds is 16. The molecule has 0 unspecified atom stereocenters. The van der Waals surface area contributed by atoms with E-state index in [1.807, 2.05) is 109 Å². The number of hydrogen-bond donors (Lipinski definition) is 1. The van der Waals surface area contributed by atoms with Gasteiger partial charge in [0, 0.05) is 12.1 Å². The molecule has 1 N–H and O–H groups in total. The number of ketones is 1. The molecule has 73 heavy (non-hydrogen) atoms. The number of ether oxygens (including phenoxy) is 1. The molecule has 8 aromatic rings. The van der Waals surface area contributed by atoms with Crippen molar-refractivity contribution in [3.8, 4) is 23.0 Å². The second-order valence-corrected chi connectivity index (χ2v) is 34.2. The van der Waals surface area contributed by atoms with Gasteiger partial charge in [0.25, 0.3) is 0 Å². The van der Waals surface area contributed by atoms with Gasteiger partial charge in [-0.3, -0.25) is 4.79 Å². The second-order valence-electron chi connectivity index (χ2n) is 21.6. The number of aliphatic hydroxyl groups is 1. The summed E-state index contributed by atoms with van der Waals surface area (Å²) in [7, 11) is -9.80. The van der Waals surface area contributed by atoms with Crippen molar-refractivity contribution in [3.63, 3.8) is 0 Å². The molecule has 0 radical (unpaired) electrons. The third-order valence-electron chi connectivity index (χ3n) is 13.8. The van der Waals surface area contributed by atoms with Crippen LogP contribution in [0, 0.1) is 0 Å². The Morgan fingerprint density at radius 3 is 0.973 bits per heavy atom. The fourth-order valence-electron chi connectivity index (χ4n) is 10.4. The maximum Gasteiger partial charge on any atom is 0.343 e. The van der Waals surface area contributed by atoms with Crippen molar-refractivity contribution in [2.75, 3.05) is 6.61 Å². The van der Waals surface area contributed by atoms with Crippen LogP contribution >= 0.6 is 0 Å². The van der Waals surface area contributed by atoms with E-state index in [0.29, 0.717) is 11.5 Å². The first kappa shape index (κ1) is 52.2. The number of hydrogen-bond acceptors (Lipinski definition) is 7. The third kappa shape index (κ3) is 10.2. The van der Waals surface area contributed by atoms with E-state index in [9.17, 15) is 14.7 Å². The van der Waals surface area contributed by atoms with Crippen LogP contribution in [0.2, 0.25) is 15.1 Å². The van der Waals surface area contributed by atoms with Gasteiger partial charge in [0.2, 0.25) is 0 Å². The van der Waals surface area contributed by atoms with Gasteiger partial charge in [0.05, 0.1) is 5.56 Å². The summed E-state index contributed by atoms with van der Waals surface area (Å²) >= 11 is 0. The van der Waals surface area contributed by atoms with Crippen LogP contribution in [0.5, 0.6) is 23.0 Å². The number of carbonyl (C=O) groups is 2. The fraction of sp³-hybridized carbons (Fsp3) is 0.206. The summed E-state index contributed by atoms with van der Waals surface area (Å²) in [6.45, 7) is 18.8. The predicted octanol–water partition coefficient (Wildman–Crippen LogP) is 10.9. The molecule has 0 aliphatic carbocycles. The first-order chi connectivity index (χ1) is 34.9. The number of benzene rings is 8. The third-order valence-corrected chi connectivity index (χ3v) is 28.6. The molecule has 0 heterocycles. The van der Waals surface area contributed by atoms with E-state index in [1.54, 1.807) is 36.4 Å².